The summed E-state index contributed by atoms with van der Waals surface area (Å²) in [5.41, 5.74) is 5.92. The molecular weight excluding hydrogens is 356 g/mol. The van der Waals surface area contributed by atoms with Crippen LogP contribution in [0.2, 0.25) is 0 Å². The van der Waals surface area contributed by atoms with Gasteiger partial charge in [0.25, 0.3) is 0 Å². The molecule has 29 heavy (non-hydrogen) atoms. The number of rotatable bonds is 1. The van der Waals surface area contributed by atoms with Crippen molar-refractivity contribution in [1.82, 2.24) is 9.97 Å². The molecule has 0 amide bonds. The van der Waals surface area contributed by atoms with Crippen molar-refractivity contribution in [3.63, 3.8) is 0 Å². The van der Waals surface area contributed by atoms with Gasteiger partial charge in [-0.25, -0.2) is 9.97 Å². The predicted octanol–water partition coefficient (Wildman–Crippen LogP) is 6.97. The number of aromatic nitrogens is 2. The number of fused-ring (bicyclic) bond motifs is 6. The minimum Gasteiger partial charge on any atom is -0.455 e. The lowest BCUT2D eigenvalue weighted by Gasteiger charge is -2.11. The molecular formula is C26H18N2O. The molecule has 0 bridgehead atoms. The summed E-state index contributed by atoms with van der Waals surface area (Å²) in [5, 5.41) is 5.67. The largest absolute Gasteiger partial charge is 0.455 e. The summed E-state index contributed by atoms with van der Waals surface area (Å²) >= 11 is 0. The Morgan fingerprint density at radius 1 is 0.621 bits per heavy atom. The van der Waals surface area contributed by atoms with Gasteiger partial charge in [0.15, 0.2) is 0 Å². The minimum absolute atomic E-state index is 0.759. The second-order valence-corrected chi connectivity index (χ2v) is 7.53. The molecule has 138 valence electrons. The first-order valence-corrected chi connectivity index (χ1v) is 9.78. The normalized spacial score (nSPS) is 11.8. The van der Waals surface area contributed by atoms with E-state index < -0.39 is 0 Å². The van der Waals surface area contributed by atoms with Gasteiger partial charge in [0.05, 0.1) is 11.2 Å². The molecule has 6 rings (SSSR count). The van der Waals surface area contributed by atoms with E-state index in [0.29, 0.717) is 0 Å². The van der Waals surface area contributed by atoms with Crippen molar-refractivity contribution < 1.29 is 4.42 Å². The first-order chi connectivity index (χ1) is 14.2. The second kappa shape index (κ2) is 5.89. The third-order valence-corrected chi connectivity index (χ3v) is 5.71. The topological polar surface area (TPSA) is 38.9 Å². The fraction of sp³-hybridized carbons (Fsp3) is 0.0769. The zero-order chi connectivity index (χ0) is 19.5. The molecule has 0 saturated heterocycles. The number of hydrogen-bond donors (Lipinski definition) is 0. The molecule has 0 radical (unpaired) electrons. The average molecular weight is 374 g/mol. The fourth-order valence-electron chi connectivity index (χ4n) is 4.36. The van der Waals surface area contributed by atoms with Gasteiger partial charge < -0.3 is 4.42 Å². The highest BCUT2D eigenvalue weighted by molar-refractivity contribution is 6.14. The van der Waals surface area contributed by atoms with E-state index in [1.807, 2.05) is 25.1 Å². The second-order valence-electron chi connectivity index (χ2n) is 7.53. The zero-order valence-electron chi connectivity index (χ0n) is 16.2. The third kappa shape index (κ3) is 2.31. The monoisotopic (exact) mass is 374 g/mol. The standard InChI is InChI=1S/C26H18N2O/c1-15-7-5-9-19-17(15)13-14-21-24(19)27-16(2)28-25(21)22-11-6-10-20-18-8-3-4-12-23(18)29-26(20)22/h3-14H,1-2H3. The maximum atomic E-state index is 6.27. The van der Waals surface area contributed by atoms with E-state index in [9.17, 15) is 0 Å². The Hall–Kier alpha value is -3.72. The molecule has 0 aliphatic rings. The summed E-state index contributed by atoms with van der Waals surface area (Å²) in [7, 11) is 0. The van der Waals surface area contributed by atoms with Crippen LogP contribution in [0.5, 0.6) is 0 Å². The number of nitrogens with zero attached hydrogens (tertiary/aromatic N) is 2. The Balaban J connectivity index is 1.76. The summed E-state index contributed by atoms with van der Waals surface area (Å²) in [6.45, 7) is 4.09. The maximum absolute atomic E-state index is 6.27. The molecule has 0 atom stereocenters. The summed E-state index contributed by atoms with van der Waals surface area (Å²) in [5.74, 6) is 0.759. The number of hydrogen-bond acceptors (Lipinski definition) is 3. The van der Waals surface area contributed by atoms with Crippen LogP contribution in [-0.2, 0) is 0 Å². The Morgan fingerprint density at radius 3 is 2.31 bits per heavy atom. The summed E-state index contributed by atoms with van der Waals surface area (Å²) in [4.78, 5) is 9.66. The number of para-hydroxylation sites is 2. The molecule has 2 aromatic heterocycles. The Labute approximate surface area is 167 Å². The lowest BCUT2D eigenvalue weighted by atomic mass is 9.98. The van der Waals surface area contributed by atoms with Crippen LogP contribution >= 0.6 is 0 Å². The third-order valence-electron chi connectivity index (χ3n) is 5.71. The Morgan fingerprint density at radius 2 is 1.38 bits per heavy atom. The van der Waals surface area contributed by atoms with Crippen molar-refractivity contribution in [2.45, 2.75) is 13.8 Å². The molecule has 0 N–H and O–H groups in total. The van der Waals surface area contributed by atoms with Crippen LogP contribution in [0.3, 0.4) is 0 Å². The van der Waals surface area contributed by atoms with E-state index in [-0.39, 0.29) is 0 Å². The van der Waals surface area contributed by atoms with Crippen LogP contribution in [0.4, 0.5) is 0 Å². The van der Waals surface area contributed by atoms with Gasteiger partial charge in [0, 0.05) is 27.1 Å². The Bertz CT molecular complexity index is 1580. The van der Waals surface area contributed by atoms with Gasteiger partial charge in [0.1, 0.15) is 17.0 Å². The van der Waals surface area contributed by atoms with E-state index >= 15 is 0 Å². The molecule has 3 nitrogen and oxygen atoms in total. The highest BCUT2D eigenvalue weighted by atomic mass is 16.3. The molecule has 0 unspecified atom stereocenters. The van der Waals surface area contributed by atoms with Crippen molar-refractivity contribution in [2.24, 2.45) is 0 Å². The van der Waals surface area contributed by atoms with Crippen molar-refractivity contribution in [3.05, 3.63) is 84.2 Å². The first kappa shape index (κ1) is 16.3. The highest BCUT2D eigenvalue weighted by Crippen LogP contribution is 2.38. The van der Waals surface area contributed by atoms with Crippen LogP contribution in [0.1, 0.15) is 11.4 Å². The molecule has 2 heterocycles. The van der Waals surface area contributed by atoms with Crippen molar-refractivity contribution in [1.29, 1.82) is 0 Å². The Kier molecular flexibility index (Phi) is 3.30. The van der Waals surface area contributed by atoms with Crippen LogP contribution in [0, 0.1) is 13.8 Å². The average Bonchev–Trinajstić information content (AvgIpc) is 3.12. The predicted molar refractivity (Wildman–Crippen MR) is 119 cm³/mol. The van der Waals surface area contributed by atoms with Gasteiger partial charge in [-0.3, -0.25) is 0 Å². The molecule has 0 saturated carbocycles. The molecule has 4 aromatic carbocycles. The number of furan rings is 1. The van der Waals surface area contributed by atoms with Crippen LogP contribution in [-0.4, -0.2) is 9.97 Å². The molecule has 0 fully saturated rings. The van der Waals surface area contributed by atoms with Gasteiger partial charge in [-0.15, -0.1) is 0 Å². The van der Waals surface area contributed by atoms with Crippen LogP contribution < -0.4 is 0 Å². The minimum atomic E-state index is 0.759. The highest BCUT2D eigenvalue weighted by Gasteiger charge is 2.17. The van der Waals surface area contributed by atoms with E-state index in [1.54, 1.807) is 0 Å². The zero-order valence-corrected chi connectivity index (χ0v) is 16.2. The van der Waals surface area contributed by atoms with Gasteiger partial charge in [-0.2, -0.15) is 0 Å². The number of aryl methyl sites for hydroxylation is 2. The molecule has 0 aliphatic carbocycles. The van der Waals surface area contributed by atoms with Crippen molar-refractivity contribution in [3.8, 4) is 11.3 Å². The molecule has 0 spiro atoms. The van der Waals surface area contributed by atoms with E-state index in [1.165, 1.54) is 10.9 Å². The number of benzene rings is 4. The van der Waals surface area contributed by atoms with E-state index in [0.717, 1.165) is 55.3 Å². The quantitative estimate of drug-likeness (QED) is 0.292. The van der Waals surface area contributed by atoms with E-state index in [2.05, 4.69) is 61.5 Å². The van der Waals surface area contributed by atoms with Crippen LogP contribution in [0.15, 0.2) is 77.2 Å². The fourth-order valence-corrected chi connectivity index (χ4v) is 4.36. The maximum Gasteiger partial charge on any atom is 0.144 e. The first-order valence-electron chi connectivity index (χ1n) is 9.78. The van der Waals surface area contributed by atoms with Crippen molar-refractivity contribution in [2.75, 3.05) is 0 Å². The lowest BCUT2D eigenvalue weighted by Crippen LogP contribution is -1.95. The van der Waals surface area contributed by atoms with Crippen molar-refractivity contribution >= 4 is 43.6 Å². The summed E-state index contributed by atoms with van der Waals surface area (Å²) in [6.07, 6.45) is 0. The smallest absolute Gasteiger partial charge is 0.144 e. The SMILES string of the molecule is Cc1nc(-c2cccc3c2oc2ccccc23)c2ccc3c(C)cccc3c2n1. The van der Waals surface area contributed by atoms with Crippen LogP contribution in [0.25, 0.3) is 54.9 Å². The van der Waals surface area contributed by atoms with Gasteiger partial charge in [0.2, 0.25) is 0 Å². The lowest BCUT2D eigenvalue weighted by molar-refractivity contribution is 0.670. The van der Waals surface area contributed by atoms with Gasteiger partial charge in [-0.1, -0.05) is 54.6 Å². The van der Waals surface area contributed by atoms with E-state index in [4.69, 9.17) is 14.4 Å². The summed E-state index contributed by atoms with van der Waals surface area (Å²) in [6, 6.07) is 25.1. The molecule has 0 aliphatic heterocycles. The van der Waals surface area contributed by atoms with Gasteiger partial charge >= 0.3 is 0 Å². The van der Waals surface area contributed by atoms with Gasteiger partial charge in [-0.05, 0) is 43.0 Å². The summed E-state index contributed by atoms with van der Waals surface area (Å²) < 4.78 is 6.27. The molecule has 3 heteroatoms. The molecule has 6 aromatic rings.